The van der Waals surface area contributed by atoms with Crippen molar-refractivity contribution in [2.75, 3.05) is 18.1 Å². The fraction of sp³-hybridized carbons (Fsp3) is 0.250. The lowest BCUT2D eigenvalue weighted by Crippen LogP contribution is -2.26. The molecule has 2 aromatic heterocycles. The van der Waals surface area contributed by atoms with E-state index in [0.717, 1.165) is 5.56 Å². The Morgan fingerprint density at radius 2 is 2.26 bits per heavy atom. The molecule has 0 amide bonds. The molecule has 0 fully saturated rings. The summed E-state index contributed by atoms with van der Waals surface area (Å²) in [6, 6.07) is 5.01. The molecule has 6 nitrogen and oxygen atoms in total. The van der Waals surface area contributed by atoms with Gasteiger partial charge in [0, 0.05) is 19.2 Å². The predicted octanol–water partition coefficient (Wildman–Crippen LogP) is 2.05. The van der Waals surface area contributed by atoms with Crippen molar-refractivity contribution in [2.24, 2.45) is 0 Å². The third-order valence-electron chi connectivity index (χ3n) is 2.59. The maximum Gasteiger partial charge on any atom is 0.287 e. The lowest BCUT2D eigenvalue weighted by atomic mass is 10.3. The van der Waals surface area contributed by atoms with E-state index in [-0.39, 0.29) is 12.3 Å². The molecule has 0 spiro atoms. The Labute approximate surface area is 114 Å². The summed E-state index contributed by atoms with van der Waals surface area (Å²) in [7, 11) is 0. The van der Waals surface area contributed by atoms with E-state index >= 15 is 0 Å². The number of aromatic nitrogens is 1. The van der Waals surface area contributed by atoms with Crippen molar-refractivity contribution in [1.82, 2.24) is 4.98 Å². The fourth-order valence-electron chi connectivity index (χ4n) is 1.67. The molecular formula is C12H13N3O3S. The van der Waals surface area contributed by atoms with E-state index in [1.807, 2.05) is 21.7 Å². The molecule has 0 unspecified atom stereocenters. The van der Waals surface area contributed by atoms with Crippen molar-refractivity contribution in [1.29, 1.82) is 0 Å². The number of anilines is 1. The average molecular weight is 279 g/mol. The zero-order valence-electron chi connectivity index (χ0n) is 10.1. The van der Waals surface area contributed by atoms with Crippen LogP contribution >= 0.6 is 11.3 Å². The second kappa shape index (κ2) is 6.26. The van der Waals surface area contributed by atoms with E-state index < -0.39 is 4.92 Å². The minimum Gasteiger partial charge on any atom is -0.395 e. The Morgan fingerprint density at radius 1 is 1.42 bits per heavy atom. The van der Waals surface area contributed by atoms with Gasteiger partial charge in [0.15, 0.2) is 0 Å². The molecule has 7 heteroatoms. The molecule has 0 saturated heterocycles. The van der Waals surface area contributed by atoms with Crippen molar-refractivity contribution < 1.29 is 10.0 Å². The predicted molar refractivity (Wildman–Crippen MR) is 73.3 cm³/mol. The number of aliphatic hydroxyl groups is 1. The molecule has 0 atom stereocenters. The van der Waals surface area contributed by atoms with E-state index in [0.29, 0.717) is 18.9 Å². The number of pyridine rings is 1. The van der Waals surface area contributed by atoms with Gasteiger partial charge in [-0.05, 0) is 28.5 Å². The summed E-state index contributed by atoms with van der Waals surface area (Å²) in [6.45, 7) is 1.05. The van der Waals surface area contributed by atoms with Crippen LogP contribution in [0.2, 0.25) is 0 Å². The maximum absolute atomic E-state index is 10.6. The van der Waals surface area contributed by atoms with Gasteiger partial charge in [0.1, 0.15) is 12.0 Å². The van der Waals surface area contributed by atoms with E-state index in [9.17, 15) is 10.1 Å². The number of nitrogens with zero attached hydrogens (tertiary/aromatic N) is 3. The topological polar surface area (TPSA) is 79.5 Å². The van der Waals surface area contributed by atoms with Gasteiger partial charge in [0.2, 0.25) is 0 Å². The van der Waals surface area contributed by atoms with Gasteiger partial charge in [-0.1, -0.05) is 0 Å². The molecule has 0 aromatic carbocycles. The van der Waals surface area contributed by atoms with Crippen molar-refractivity contribution in [2.45, 2.75) is 6.54 Å². The van der Waals surface area contributed by atoms with Crippen molar-refractivity contribution in [3.05, 3.63) is 50.8 Å². The molecule has 0 aliphatic rings. The van der Waals surface area contributed by atoms with Crippen LogP contribution in [0.5, 0.6) is 0 Å². The smallest absolute Gasteiger partial charge is 0.287 e. The van der Waals surface area contributed by atoms with Crippen molar-refractivity contribution >= 4 is 22.8 Å². The number of rotatable bonds is 6. The van der Waals surface area contributed by atoms with E-state index in [2.05, 4.69) is 4.98 Å². The summed E-state index contributed by atoms with van der Waals surface area (Å²) in [6.07, 6.45) is 1.23. The molecule has 0 radical (unpaired) electrons. The Hall–Kier alpha value is -1.99. The summed E-state index contributed by atoms with van der Waals surface area (Å²) in [5.74, 6) is 0.617. The highest BCUT2D eigenvalue weighted by atomic mass is 32.1. The summed E-state index contributed by atoms with van der Waals surface area (Å²) in [5, 5.41) is 23.7. The minimum atomic E-state index is -0.480. The molecule has 1 N–H and O–H groups in total. The van der Waals surface area contributed by atoms with Gasteiger partial charge < -0.3 is 10.0 Å². The van der Waals surface area contributed by atoms with Crippen LogP contribution in [0.15, 0.2) is 35.2 Å². The molecule has 0 aliphatic heterocycles. The van der Waals surface area contributed by atoms with Gasteiger partial charge in [-0.3, -0.25) is 10.1 Å². The molecular weight excluding hydrogens is 266 g/mol. The van der Waals surface area contributed by atoms with Gasteiger partial charge >= 0.3 is 0 Å². The van der Waals surface area contributed by atoms with Crippen molar-refractivity contribution in [3.63, 3.8) is 0 Å². The zero-order chi connectivity index (χ0) is 13.7. The number of hydrogen-bond donors (Lipinski definition) is 1. The van der Waals surface area contributed by atoms with Crippen LogP contribution in [-0.2, 0) is 6.54 Å². The summed E-state index contributed by atoms with van der Waals surface area (Å²) in [5.41, 5.74) is 1.09. The third-order valence-corrected chi connectivity index (χ3v) is 3.32. The molecule has 100 valence electrons. The summed E-state index contributed by atoms with van der Waals surface area (Å²) < 4.78 is 0. The Balaban J connectivity index is 2.16. The average Bonchev–Trinajstić information content (AvgIpc) is 2.91. The number of aliphatic hydroxyl groups excluding tert-OH is 1. The van der Waals surface area contributed by atoms with Gasteiger partial charge in [0.25, 0.3) is 5.69 Å². The molecule has 2 rings (SSSR count). The Morgan fingerprint density at radius 3 is 2.79 bits per heavy atom. The molecule has 2 heterocycles. The highest BCUT2D eigenvalue weighted by Gasteiger charge is 2.11. The normalized spacial score (nSPS) is 10.4. The first-order chi connectivity index (χ1) is 9.20. The third kappa shape index (κ3) is 3.49. The summed E-state index contributed by atoms with van der Waals surface area (Å²) in [4.78, 5) is 16.1. The fourth-order valence-corrected chi connectivity index (χ4v) is 2.33. The maximum atomic E-state index is 10.6. The molecule has 2 aromatic rings. The Bertz CT molecular complexity index is 528. The van der Waals surface area contributed by atoms with Crippen LogP contribution in [-0.4, -0.2) is 28.2 Å². The second-order valence-electron chi connectivity index (χ2n) is 3.91. The lowest BCUT2D eigenvalue weighted by molar-refractivity contribution is -0.385. The Kier molecular flexibility index (Phi) is 4.43. The van der Waals surface area contributed by atoms with Crippen molar-refractivity contribution in [3.8, 4) is 0 Å². The number of hydrogen-bond acceptors (Lipinski definition) is 6. The van der Waals surface area contributed by atoms with Crippen LogP contribution < -0.4 is 4.90 Å². The first kappa shape index (κ1) is 13.4. The van der Waals surface area contributed by atoms with Crippen LogP contribution in [0.25, 0.3) is 0 Å². The number of thiophene rings is 1. The summed E-state index contributed by atoms with van der Waals surface area (Å²) >= 11 is 1.60. The van der Waals surface area contributed by atoms with Gasteiger partial charge in [-0.15, -0.1) is 0 Å². The first-order valence-electron chi connectivity index (χ1n) is 5.68. The lowest BCUT2D eigenvalue weighted by Gasteiger charge is -2.22. The monoisotopic (exact) mass is 279 g/mol. The van der Waals surface area contributed by atoms with E-state index in [1.54, 1.807) is 17.4 Å². The van der Waals surface area contributed by atoms with Crippen LogP contribution in [0.3, 0.4) is 0 Å². The first-order valence-corrected chi connectivity index (χ1v) is 6.62. The molecule has 19 heavy (non-hydrogen) atoms. The standard InChI is InChI=1S/C12H13N3O3S/c16-5-4-14(8-10-3-6-19-9-10)12-2-1-11(7-13-12)15(17)18/h1-3,6-7,9,16H,4-5,8H2. The highest BCUT2D eigenvalue weighted by molar-refractivity contribution is 7.07. The molecule has 0 bridgehead atoms. The van der Waals surface area contributed by atoms with E-state index in [4.69, 9.17) is 5.11 Å². The molecule has 0 aliphatic carbocycles. The SMILES string of the molecule is O=[N+]([O-])c1ccc(N(CCO)Cc2ccsc2)nc1. The molecule has 0 saturated carbocycles. The zero-order valence-corrected chi connectivity index (χ0v) is 10.9. The van der Waals surface area contributed by atoms with Gasteiger partial charge in [0.05, 0.1) is 11.5 Å². The van der Waals surface area contributed by atoms with Gasteiger partial charge in [-0.2, -0.15) is 11.3 Å². The van der Waals surface area contributed by atoms with E-state index in [1.165, 1.54) is 12.3 Å². The quantitative estimate of drug-likeness (QED) is 0.646. The van der Waals surface area contributed by atoms with Crippen LogP contribution in [0.4, 0.5) is 11.5 Å². The largest absolute Gasteiger partial charge is 0.395 e. The van der Waals surface area contributed by atoms with Crippen LogP contribution in [0.1, 0.15) is 5.56 Å². The number of nitro groups is 1. The minimum absolute atomic E-state index is 0.00278. The van der Waals surface area contributed by atoms with Crippen LogP contribution in [0, 0.1) is 10.1 Å². The highest BCUT2D eigenvalue weighted by Crippen LogP contribution is 2.18. The van der Waals surface area contributed by atoms with Gasteiger partial charge in [-0.25, -0.2) is 4.98 Å². The second-order valence-corrected chi connectivity index (χ2v) is 4.69.